The van der Waals surface area contributed by atoms with Crippen LogP contribution in [-0.2, 0) is 18.4 Å². The highest BCUT2D eigenvalue weighted by atomic mass is 31.2. The first kappa shape index (κ1) is 83.4. The number of quaternary nitrogens is 1. The van der Waals surface area contributed by atoms with Gasteiger partial charge in [-0.2, -0.15) is 0 Å². The van der Waals surface area contributed by atoms with Gasteiger partial charge in [0.05, 0.1) is 39.9 Å². The lowest BCUT2D eigenvalue weighted by Crippen LogP contribution is -2.46. The van der Waals surface area contributed by atoms with Gasteiger partial charge >= 0.3 is 0 Å². The Bertz CT molecular complexity index is 1730. The van der Waals surface area contributed by atoms with Gasteiger partial charge in [0.25, 0.3) is 7.82 Å². The molecular weight excluding hydrogens is 1080 g/mol. The number of aliphatic hydroxyl groups is 1. The summed E-state index contributed by atoms with van der Waals surface area (Å²) in [5.41, 5.74) is 0. The number of phosphoric acid groups is 1. The number of amides is 1. The van der Waals surface area contributed by atoms with E-state index >= 15 is 0 Å². The van der Waals surface area contributed by atoms with Crippen molar-refractivity contribution in [2.45, 2.75) is 347 Å². The summed E-state index contributed by atoms with van der Waals surface area (Å²) in [5.74, 6) is -0.173. The van der Waals surface area contributed by atoms with Gasteiger partial charge in [0, 0.05) is 6.42 Å². The van der Waals surface area contributed by atoms with Gasteiger partial charge in [0.15, 0.2) is 0 Å². The number of unbranched alkanes of at least 4 members (excludes halogenated alkanes) is 38. The average molecular weight is 1220 g/mol. The van der Waals surface area contributed by atoms with Crippen molar-refractivity contribution < 1.29 is 32.9 Å². The summed E-state index contributed by atoms with van der Waals surface area (Å²) in [6.45, 7) is 4.63. The van der Waals surface area contributed by atoms with E-state index in [4.69, 9.17) is 9.05 Å². The molecule has 0 aromatic carbocycles. The van der Waals surface area contributed by atoms with Crippen molar-refractivity contribution in [2.24, 2.45) is 0 Å². The third kappa shape index (κ3) is 68.9. The Morgan fingerprint density at radius 1 is 0.419 bits per heavy atom. The summed E-state index contributed by atoms with van der Waals surface area (Å²) in [6.07, 6.45) is 96.3. The molecule has 0 fully saturated rings. The molecule has 0 aliphatic rings. The van der Waals surface area contributed by atoms with Crippen LogP contribution >= 0.6 is 7.82 Å². The van der Waals surface area contributed by atoms with Crippen LogP contribution in [0.1, 0.15) is 335 Å². The van der Waals surface area contributed by atoms with Crippen molar-refractivity contribution in [3.05, 3.63) is 97.2 Å². The van der Waals surface area contributed by atoms with Gasteiger partial charge < -0.3 is 28.8 Å². The number of nitrogens with zero attached hydrogens (tertiary/aromatic N) is 1. The zero-order valence-electron chi connectivity index (χ0n) is 57.3. The van der Waals surface area contributed by atoms with Crippen LogP contribution in [0.15, 0.2) is 97.2 Å². The fourth-order valence-corrected chi connectivity index (χ4v) is 11.4. The van der Waals surface area contributed by atoms with E-state index in [-0.39, 0.29) is 19.1 Å². The Labute approximate surface area is 534 Å². The maximum Gasteiger partial charge on any atom is 0.268 e. The summed E-state index contributed by atoms with van der Waals surface area (Å²) in [4.78, 5) is 25.7. The molecule has 0 aromatic rings. The summed E-state index contributed by atoms with van der Waals surface area (Å²) in [5, 5.41) is 14.1. The Morgan fingerprint density at radius 3 is 1.03 bits per heavy atom. The number of hydrogen-bond donors (Lipinski definition) is 2. The van der Waals surface area contributed by atoms with Crippen molar-refractivity contribution in [1.82, 2.24) is 5.32 Å². The summed E-state index contributed by atoms with van der Waals surface area (Å²) >= 11 is 0. The number of carbonyl (C=O) groups is 1. The third-order valence-electron chi connectivity index (χ3n) is 16.3. The molecule has 3 atom stereocenters. The lowest BCUT2D eigenvalue weighted by Gasteiger charge is -2.30. The van der Waals surface area contributed by atoms with Crippen LogP contribution in [0.25, 0.3) is 0 Å². The molecule has 86 heavy (non-hydrogen) atoms. The molecule has 0 saturated heterocycles. The van der Waals surface area contributed by atoms with Gasteiger partial charge in [0.2, 0.25) is 5.91 Å². The highest BCUT2D eigenvalue weighted by molar-refractivity contribution is 7.45. The minimum atomic E-state index is -4.59. The number of nitrogens with one attached hydrogen (secondary N) is 1. The molecule has 8 nitrogen and oxygen atoms in total. The minimum absolute atomic E-state index is 0.00658. The molecule has 0 aromatic heterocycles. The van der Waals surface area contributed by atoms with Crippen LogP contribution in [0, 0.1) is 0 Å². The molecule has 0 aliphatic heterocycles. The zero-order valence-corrected chi connectivity index (χ0v) is 58.1. The third-order valence-corrected chi connectivity index (χ3v) is 17.3. The van der Waals surface area contributed by atoms with Crippen LogP contribution in [-0.4, -0.2) is 68.5 Å². The molecule has 0 saturated carbocycles. The highest BCUT2D eigenvalue weighted by Gasteiger charge is 2.24. The molecule has 0 aliphatic carbocycles. The number of aliphatic hydroxyl groups excluding tert-OH is 1. The number of phosphoric ester groups is 1. The minimum Gasteiger partial charge on any atom is -0.756 e. The van der Waals surface area contributed by atoms with Crippen molar-refractivity contribution in [3.8, 4) is 0 Å². The van der Waals surface area contributed by atoms with E-state index in [9.17, 15) is 19.4 Å². The van der Waals surface area contributed by atoms with Gasteiger partial charge in [-0.15, -0.1) is 0 Å². The number of rotatable bonds is 67. The summed E-state index contributed by atoms with van der Waals surface area (Å²) in [6, 6.07) is -0.814. The fraction of sp³-hybridized carbons (Fsp3) is 0.779. The molecule has 0 rings (SSSR count). The SMILES string of the molecule is CC/C=C\C/C=C\C/C=C\C/C=C\C/C=C\C/C=C\C/C=C\C/C=C\CCCCCCCCCCC(=O)NC(COP(=O)([O-])OCC[N+](C)(C)C)C(O)CCCCCCCCCCCCCCCCCCCCCCCCCCCCCCCCC. The van der Waals surface area contributed by atoms with Crippen LogP contribution in [0.4, 0.5) is 0 Å². The van der Waals surface area contributed by atoms with Crippen LogP contribution in [0.3, 0.4) is 0 Å². The second kappa shape index (κ2) is 66.8. The summed E-state index contributed by atoms with van der Waals surface area (Å²) in [7, 11) is 1.30. The number of likely N-dealkylation sites (N-methyl/N-ethyl adjacent to an activating group) is 1. The number of allylic oxidation sites excluding steroid dienone is 16. The van der Waals surface area contributed by atoms with Crippen LogP contribution < -0.4 is 10.2 Å². The first-order chi connectivity index (χ1) is 42.0. The first-order valence-corrected chi connectivity index (χ1v) is 38.0. The standard InChI is InChI=1S/C77H141N2O6P/c1-6-8-10-12-14-16-18-20-22-24-26-28-30-32-34-36-38-39-41-43-45-47-49-51-53-55-57-59-61-63-65-67-69-71-77(81)78-75(74-85-86(82,83)84-73-72-79(3,4)5)76(80)70-68-66-64-62-60-58-56-54-52-50-48-46-44-42-40-37-35-33-31-29-27-25-23-21-19-17-15-13-11-9-7-2/h8,10,14,16,20,22,26,28,32,34,38-39,43,45,49,51,75-76,80H,6-7,9,11-13,15,17-19,21,23-25,27,29-31,33,35-37,40-42,44,46-48,50,52-74H2,1-5H3,(H-,78,81,82,83)/b10-8-,16-14-,22-20-,28-26-,34-32-,39-38-,45-43-,51-49-. The van der Waals surface area contributed by atoms with Gasteiger partial charge in [0.1, 0.15) is 13.2 Å². The Hall–Kier alpha value is -2.58. The van der Waals surface area contributed by atoms with E-state index in [1.54, 1.807) is 0 Å². The van der Waals surface area contributed by atoms with E-state index in [1.807, 2.05) is 21.1 Å². The topological polar surface area (TPSA) is 108 Å². The van der Waals surface area contributed by atoms with Crippen molar-refractivity contribution in [3.63, 3.8) is 0 Å². The Morgan fingerprint density at radius 2 is 0.709 bits per heavy atom. The lowest BCUT2D eigenvalue weighted by atomic mass is 10.0. The van der Waals surface area contributed by atoms with Crippen LogP contribution in [0.2, 0.25) is 0 Å². The quantitative estimate of drug-likeness (QED) is 0.0272. The number of carbonyl (C=O) groups excluding carboxylic acids is 1. The molecule has 0 spiro atoms. The van der Waals surface area contributed by atoms with Crippen molar-refractivity contribution in [1.29, 1.82) is 0 Å². The normalized spacial score (nSPS) is 14.2. The fourth-order valence-electron chi connectivity index (χ4n) is 10.7. The van der Waals surface area contributed by atoms with E-state index in [0.29, 0.717) is 23.9 Å². The second-order valence-electron chi connectivity index (χ2n) is 25.9. The Kier molecular flexibility index (Phi) is 64.8. The molecule has 1 amide bonds. The highest BCUT2D eigenvalue weighted by Crippen LogP contribution is 2.38. The van der Waals surface area contributed by atoms with E-state index in [1.165, 1.54) is 212 Å². The molecule has 0 bridgehead atoms. The molecule has 0 heterocycles. The molecule has 2 N–H and O–H groups in total. The van der Waals surface area contributed by atoms with E-state index < -0.39 is 20.0 Å². The van der Waals surface area contributed by atoms with E-state index in [2.05, 4.69) is 116 Å². The molecule has 500 valence electrons. The van der Waals surface area contributed by atoms with Crippen LogP contribution in [0.5, 0.6) is 0 Å². The zero-order chi connectivity index (χ0) is 62.6. The first-order valence-electron chi connectivity index (χ1n) is 36.6. The molecule has 0 radical (unpaired) electrons. The lowest BCUT2D eigenvalue weighted by molar-refractivity contribution is -0.870. The van der Waals surface area contributed by atoms with Gasteiger partial charge in [-0.05, 0) is 77.0 Å². The largest absolute Gasteiger partial charge is 0.756 e. The molecule has 9 heteroatoms. The maximum atomic E-state index is 13.1. The predicted molar refractivity (Wildman–Crippen MR) is 376 cm³/mol. The van der Waals surface area contributed by atoms with Gasteiger partial charge in [-0.25, -0.2) is 0 Å². The maximum absolute atomic E-state index is 13.1. The average Bonchev–Trinajstić information content (AvgIpc) is 3.70. The van der Waals surface area contributed by atoms with Gasteiger partial charge in [-0.3, -0.25) is 9.36 Å². The Balaban J connectivity index is 4.07. The van der Waals surface area contributed by atoms with Crippen molar-refractivity contribution >= 4 is 13.7 Å². The smallest absolute Gasteiger partial charge is 0.268 e. The molecule has 3 unspecified atom stereocenters. The predicted octanol–water partition coefficient (Wildman–Crippen LogP) is 23.0. The number of hydrogen-bond acceptors (Lipinski definition) is 6. The van der Waals surface area contributed by atoms with Gasteiger partial charge in [-0.1, -0.05) is 349 Å². The van der Waals surface area contributed by atoms with E-state index in [0.717, 1.165) is 96.3 Å². The molecular formula is C77H141N2O6P. The second-order valence-corrected chi connectivity index (χ2v) is 27.3. The van der Waals surface area contributed by atoms with Crippen molar-refractivity contribution in [2.75, 3.05) is 40.9 Å². The summed E-state index contributed by atoms with van der Waals surface area (Å²) < 4.78 is 23.6. The monoisotopic (exact) mass is 1220 g/mol.